The lowest BCUT2D eigenvalue weighted by Gasteiger charge is -2.30. The van der Waals surface area contributed by atoms with Gasteiger partial charge in [-0.15, -0.1) is 24.0 Å². The minimum Gasteiger partial charge on any atom is -0.490 e. The molecule has 8 nitrogen and oxygen atoms in total. The summed E-state index contributed by atoms with van der Waals surface area (Å²) in [7, 11) is 0. The molecule has 3 rings (SSSR count). The van der Waals surface area contributed by atoms with Gasteiger partial charge in [0, 0.05) is 43.3 Å². The van der Waals surface area contributed by atoms with Crippen molar-refractivity contribution in [1.82, 2.24) is 15.5 Å². The highest BCUT2D eigenvalue weighted by molar-refractivity contribution is 14.0. The molecular formula is C24H40IN5O3. The topological polar surface area (TPSA) is 87.2 Å². The Labute approximate surface area is 215 Å². The van der Waals surface area contributed by atoms with Crippen LogP contribution in [-0.2, 0) is 4.79 Å². The first-order chi connectivity index (χ1) is 15.3. The van der Waals surface area contributed by atoms with Crippen LogP contribution in [0, 0.1) is 5.92 Å². The number of guanidine groups is 1. The number of benzene rings is 1. The molecule has 0 spiro atoms. The summed E-state index contributed by atoms with van der Waals surface area (Å²) < 4.78 is 11.5. The van der Waals surface area contributed by atoms with Crippen molar-refractivity contribution < 1.29 is 14.3 Å². The lowest BCUT2D eigenvalue weighted by atomic mass is 10.0. The first-order valence-corrected chi connectivity index (χ1v) is 11.8. The van der Waals surface area contributed by atoms with Gasteiger partial charge in [-0.05, 0) is 58.2 Å². The van der Waals surface area contributed by atoms with Gasteiger partial charge in [0.25, 0.3) is 0 Å². The van der Waals surface area contributed by atoms with Crippen molar-refractivity contribution in [3.05, 3.63) is 18.2 Å². The highest BCUT2D eigenvalue weighted by Gasteiger charge is 2.17. The Bertz CT molecular complexity index is 797. The molecule has 2 aliphatic heterocycles. The van der Waals surface area contributed by atoms with Crippen LogP contribution in [-0.4, -0.2) is 68.2 Å². The molecule has 0 saturated carbocycles. The number of nitrogens with zero attached hydrogens (tertiary/aromatic N) is 2. The minimum absolute atomic E-state index is 0. The normalized spacial score (nSPS) is 19.2. The number of carbonyl (C=O) groups excluding carboxylic acids is 1. The van der Waals surface area contributed by atoms with Crippen LogP contribution in [0.5, 0.6) is 11.5 Å². The van der Waals surface area contributed by atoms with E-state index in [-0.39, 0.29) is 42.0 Å². The number of hydrogen-bond donors (Lipinski definition) is 3. The Kier molecular flexibility index (Phi) is 11.0. The van der Waals surface area contributed by atoms with E-state index in [0.29, 0.717) is 19.2 Å². The van der Waals surface area contributed by atoms with E-state index in [1.807, 2.05) is 39.0 Å². The third-order valence-electron chi connectivity index (χ3n) is 5.37. The van der Waals surface area contributed by atoms with Crippen LogP contribution in [0.4, 0.5) is 5.69 Å². The number of piperidine rings is 1. The highest BCUT2D eigenvalue weighted by atomic mass is 127. The molecule has 2 heterocycles. The second kappa shape index (κ2) is 13.2. The predicted molar refractivity (Wildman–Crippen MR) is 144 cm³/mol. The zero-order valence-electron chi connectivity index (χ0n) is 20.4. The standard InChI is InChI=1S/C24H39N5O3.HI/c1-18-7-5-11-29(17-18)12-10-25-23(26-16-22(30)28-24(2,3)4)27-19-8-9-20-21(15-19)32-14-6-13-31-20;/h8-9,15,18H,5-7,10-14,16-17H2,1-4H3,(H,28,30)(H2,25,26,27);1H. The molecule has 1 unspecified atom stereocenters. The first-order valence-electron chi connectivity index (χ1n) is 11.8. The molecule has 1 fully saturated rings. The molecule has 186 valence electrons. The molecule has 1 amide bonds. The summed E-state index contributed by atoms with van der Waals surface area (Å²) in [5.74, 6) is 2.69. The van der Waals surface area contributed by atoms with Gasteiger partial charge in [-0.2, -0.15) is 0 Å². The molecule has 0 bridgehead atoms. The summed E-state index contributed by atoms with van der Waals surface area (Å²) in [6.07, 6.45) is 3.43. The van der Waals surface area contributed by atoms with E-state index in [1.54, 1.807) is 0 Å². The van der Waals surface area contributed by atoms with Gasteiger partial charge in [-0.1, -0.05) is 6.92 Å². The van der Waals surface area contributed by atoms with Gasteiger partial charge in [0.2, 0.25) is 5.91 Å². The van der Waals surface area contributed by atoms with E-state index in [2.05, 4.69) is 32.8 Å². The summed E-state index contributed by atoms with van der Waals surface area (Å²) in [6.45, 7) is 13.5. The number of likely N-dealkylation sites (tertiary alicyclic amines) is 1. The summed E-state index contributed by atoms with van der Waals surface area (Å²) in [6, 6.07) is 5.76. The maximum Gasteiger partial charge on any atom is 0.242 e. The van der Waals surface area contributed by atoms with Crippen molar-refractivity contribution in [2.45, 2.75) is 52.5 Å². The molecule has 1 aromatic carbocycles. The number of anilines is 1. The average Bonchev–Trinajstić information content (AvgIpc) is 2.96. The molecule has 3 N–H and O–H groups in total. The molecule has 0 aromatic heterocycles. The zero-order valence-corrected chi connectivity index (χ0v) is 22.7. The number of hydrogen-bond acceptors (Lipinski definition) is 5. The van der Waals surface area contributed by atoms with Crippen molar-refractivity contribution in [3.8, 4) is 11.5 Å². The van der Waals surface area contributed by atoms with Crippen molar-refractivity contribution in [2.24, 2.45) is 10.9 Å². The maximum atomic E-state index is 12.3. The van der Waals surface area contributed by atoms with Gasteiger partial charge in [0.1, 0.15) is 6.54 Å². The summed E-state index contributed by atoms with van der Waals surface area (Å²) in [5, 5.41) is 9.66. The summed E-state index contributed by atoms with van der Waals surface area (Å²) >= 11 is 0. The monoisotopic (exact) mass is 573 g/mol. The number of fused-ring (bicyclic) bond motifs is 1. The highest BCUT2D eigenvalue weighted by Crippen LogP contribution is 2.32. The van der Waals surface area contributed by atoms with E-state index in [0.717, 1.165) is 55.7 Å². The summed E-state index contributed by atoms with van der Waals surface area (Å²) in [5.41, 5.74) is 0.552. The van der Waals surface area contributed by atoms with Crippen molar-refractivity contribution in [1.29, 1.82) is 0 Å². The van der Waals surface area contributed by atoms with Gasteiger partial charge in [0.15, 0.2) is 17.5 Å². The van der Waals surface area contributed by atoms with E-state index in [9.17, 15) is 4.79 Å². The molecule has 1 aromatic rings. The average molecular weight is 574 g/mol. The molecule has 9 heteroatoms. The Hall–Kier alpha value is -1.75. The van der Waals surface area contributed by atoms with Gasteiger partial charge in [-0.3, -0.25) is 4.79 Å². The molecule has 0 radical (unpaired) electrons. The smallest absolute Gasteiger partial charge is 0.242 e. The van der Waals surface area contributed by atoms with Gasteiger partial charge >= 0.3 is 0 Å². The molecule has 0 aliphatic carbocycles. The van der Waals surface area contributed by atoms with Crippen LogP contribution in [0.3, 0.4) is 0 Å². The lowest BCUT2D eigenvalue weighted by Crippen LogP contribution is -2.43. The van der Waals surface area contributed by atoms with Gasteiger partial charge < -0.3 is 30.3 Å². The second-order valence-corrected chi connectivity index (χ2v) is 9.77. The fourth-order valence-corrected chi connectivity index (χ4v) is 3.95. The van der Waals surface area contributed by atoms with Crippen LogP contribution in [0.25, 0.3) is 0 Å². The van der Waals surface area contributed by atoms with Crippen molar-refractivity contribution >= 4 is 41.5 Å². The fourth-order valence-electron chi connectivity index (χ4n) is 3.95. The molecule has 1 atom stereocenters. The van der Waals surface area contributed by atoms with E-state index in [1.165, 1.54) is 12.8 Å². The Morgan fingerprint density at radius 1 is 1.18 bits per heavy atom. The number of amides is 1. The number of ether oxygens (including phenoxy) is 2. The quantitative estimate of drug-likeness (QED) is 0.275. The van der Waals surface area contributed by atoms with Crippen LogP contribution >= 0.6 is 24.0 Å². The number of carbonyl (C=O) groups is 1. The zero-order chi connectivity index (χ0) is 23.0. The van der Waals surface area contributed by atoms with Crippen LogP contribution in [0.15, 0.2) is 23.2 Å². The largest absolute Gasteiger partial charge is 0.490 e. The number of nitrogens with one attached hydrogen (secondary N) is 3. The third kappa shape index (κ3) is 9.95. The molecule has 2 aliphatic rings. The number of aliphatic imine (C=N–C) groups is 1. The second-order valence-electron chi connectivity index (χ2n) is 9.77. The van der Waals surface area contributed by atoms with Crippen LogP contribution in [0.2, 0.25) is 0 Å². The van der Waals surface area contributed by atoms with E-state index < -0.39 is 0 Å². The van der Waals surface area contributed by atoms with E-state index >= 15 is 0 Å². The van der Waals surface area contributed by atoms with Crippen molar-refractivity contribution in [3.63, 3.8) is 0 Å². The molecular weight excluding hydrogens is 533 g/mol. The first kappa shape index (κ1) is 27.5. The number of halogens is 1. The van der Waals surface area contributed by atoms with Crippen molar-refractivity contribution in [2.75, 3.05) is 51.3 Å². The maximum absolute atomic E-state index is 12.3. The van der Waals surface area contributed by atoms with E-state index in [4.69, 9.17) is 9.47 Å². The molecule has 33 heavy (non-hydrogen) atoms. The lowest BCUT2D eigenvalue weighted by molar-refractivity contribution is -0.121. The Morgan fingerprint density at radius 2 is 1.94 bits per heavy atom. The van der Waals surface area contributed by atoms with Crippen LogP contribution < -0.4 is 25.4 Å². The SMILES string of the molecule is CC1CCCN(CCNC(=NCC(=O)NC(C)(C)C)Nc2ccc3c(c2)OCCCO3)C1.I. The number of rotatable bonds is 6. The minimum atomic E-state index is -0.285. The van der Waals surface area contributed by atoms with Crippen LogP contribution in [0.1, 0.15) is 47.0 Å². The predicted octanol–water partition coefficient (Wildman–Crippen LogP) is 3.47. The Balaban J connectivity index is 0.00000385. The summed E-state index contributed by atoms with van der Waals surface area (Å²) in [4.78, 5) is 19.3. The Morgan fingerprint density at radius 3 is 2.67 bits per heavy atom. The fraction of sp³-hybridized carbons (Fsp3) is 0.667. The molecule has 1 saturated heterocycles. The van der Waals surface area contributed by atoms with Gasteiger partial charge in [0.05, 0.1) is 13.2 Å². The third-order valence-corrected chi connectivity index (χ3v) is 5.37. The van der Waals surface area contributed by atoms with Gasteiger partial charge in [-0.25, -0.2) is 4.99 Å².